The van der Waals surface area contributed by atoms with Crippen LogP contribution >= 0.6 is 11.8 Å². The van der Waals surface area contributed by atoms with E-state index in [1.165, 1.54) is 12.1 Å². The second-order valence-corrected chi connectivity index (χ2v) is 8.12. The molecule has 0 bridgehead atoms. The maximum absolute atomic E-state index is 11.4. The zero-order valence-corrected chi connectivity index (χ0v) is 14.7. The molecular formula is C14H15N5O4S2. The minimum atomic E-state index is -4.02. The van der Waals surface area contributed by atoms with Crippen LogP contribution in [0.4, 0.5) is 5.69 Å². The van der Waals surface area contributed by atoms with Crippen molar-refractivity contribution in [2.45, 2.75) is 40.3 Å². The molecule has 2 aromatic rings. The molecule has 1 aromatic carbocycles. The summed E-state index contributed by atoms with van der Waals surface area (Å²) in [6.07, 6.45) is 3.80. The quantitative estimate of drug-likeness (QED) is 0.440. The molecule has 1 fully saturated rings. The van der Waals surface area contributed by atoms with Gasteiger partial charge in [0.05, 0.1) is 14.7 Å². The van der Waals surface area contributed by atoms with Crippen molar-refractivity contribution < 1.29 is 13.3 Å². The van der Waals surface area contributed by atoms with Crippen LogP contribution in [-0.4, -0.2) is 28.1 Å². The van der Waals surface area contributed by atoms with E-state index in [4.69, 9.17) is 5.14 Å². The van der Waals surface area contributed by atoms with Gasteiger partial charge in [0.25, 0.3) is 5.69 Å². The highest BCUT2D eigenvalue weighted by Crippen LogP contribution is 2.41. The van der Waals surface area contributed by atoms with Crippen molar-refractivity contribution in [2.75, 3.05) is 0 Å². The first-order valence-electron chi connectivity index (χ1n) is 7.34. The first kappa shape index (κ1) is 17.6. The molecule has 132 valence electrons. The lowest BCUT2D eigenvalue weighted by molar-refractivity contribution is -0.388. The number of nitro benzene ring substituents is 1. The fourth-order valence-corrected chi connectivity index (χ4v) is 3.79. The van der Waals surface area contributed by atoms with Crippen LogP contribution in [0.25, 0.3) is 0 Å². The minimum Gasteiger partial charge on any atom is -0.302 e. The molecule has 11 heteroatoms. The summed E-state index contributed by atoms with van der Waals surface area (Å²) in [5.41, 5.74) is -0.349. The molecule has 9 nitrogen and oxygen atoms in total. The van der Waals surface area contributed by atoms with Gasteiger partial charge in [-0.15, -0.1) is 16.8 Å². The number of nitro groups is 1. The van der Waals surface area contributed by atoms with Gasteiger partial charge in [-0.05, 0) is 36.7 Å². The van der Waals surface area contributed by atoms with Gasteiger partial charge in [0.1, 0.15) is 5.82 Å². The van der Waals surface area contributed by atoms with Crippen molar-refractivity contribution in [1.82, 2.24) is 14.8 Å². The summed E-state index contributed by atoms with van der Waals surface area (Å²) in [5, 5.41) is 25.2. The maximum atomic E-state index is 11.4. The van der Waals surface area contributed by atoms with Crippen molar-refractivity contribution in [1.29, 1.82) is 0 Å². The zero-order chi connectivity index (χ0) is 18.2. The van der Waals surface area contributed by atoms with Crippen LogP contribution in [-0.2, 0) is 16.6 Å². The molecule has 0 spiro atoms. The molecule has 1 heterocycles. The Morgan fingerprint density at radius 3 is 2.72 bits per heavy atom. The van der Waals surface area contributed by atoms with Crippen LogP contribution in [0, 0.1) is 10.1 Å². The number of allylic oxidation sites excluding steroid dienone is 1. The number of hydrogen-bond acceptors (Lipinski definition) is 7. The number of sulfonamides is 1. The first-order chi connectivity index (χ1) is 11.8. The standard InChI is InChI=1S/C14H15N5O4S2/c1-2-7-18-13(9-3-4-9)16-17-14(18)24-12-6-5-10(25(15,22)23)8-11(12)19(20)21/h2,5-6,8-9H,1,3-4,7H2,(H2,15,22,23). The molecule has 0 saturated heterocycles. The van der Waals surface area contributed by atoms with Crippen LogP contribution in [0.5, 0.6) is 0 Å². The average Bonchev–Trinajstić information content (AvgIpc) is 3.31. The van der Waals surface area contributed by atoms with Crippen LogP contribution in [0.2, 0.25) is 0 Å². The number of aromatic nitrogens is 3. The van der Waals surface area contributed by atoms with E-state index in [1.54, 1.807) is 6.08 Å². The summed E-state index contributed by atoms with van der Waals surface area (Å²) < 4.78 is 24.7. The third-order valence-electron chi connectivity index (χ3n) is 3.66. The summed E-state index contributed by atoms with van der Waals surface area (Å²) >= 11 is 1.06. The fourth-order valence-electron chi connectivity index (χ4n) is 2.32. The summed E-state index contributed by atoms with van der Waals surface area (Å²) in [4.78, 5) is 10.6. The summed E-state index contributed by atoms with van der Waals surface area (Å²) in [5.74, 6) is 1.20. The molecule has 1 aromatic heterocycles. The Morgan fingerprint density at radius 2 is 2.16 bits per heavy atom. The van der Waals surface area contributed by atoms with Crippen molar-refractivity contribution in [3.8, 4) is 0 Å². The molecule has 0 aliphatic heterocycles. The number of benzene rings is 1. The fraction of sp³-hybridized carbons (Fsp3) is 0.286. The van der Waals surface area contributed by atoms with E-state index in [2.05, 4.69) is 16.8 Å². The monoisotopic (exact) mass is 381 g/mol. The van der Waals surface area contributed by atoms with Crippen LogP contribution < -0.4 is 5.14 Å². The molecule has 3 rings (SSSR count). The molecule has 2 N–H and O–H groups in total. The molecule has 1 aliphatic rings. The Morgan fingerprint density at radius 1 is 1.44 bits per heavy atom. The normalized spacial score (nSPS) is 14.4. The van der Waals surface area contributed by atoms with Gasteiger partial charge in [-0.25, -0.2) is 13.6 Å². The highest BCUT2D eigenvalue weighted by Gasteiger charge is 2.31. The Bertz CT molecular complexity index is 950. The van der Waals surface area contributed by atoms with E-state index in [1.807, 2.05) is 4.57 Å². The van der Waals surface area contributed by atoms with Crippen molar-refractivity contribution in [3.63, 3.8) is 0 Å². The average molecular weight is 381 g/mol. The zero-order valence-electron chi connectivity index (χ0n) is 13.0. The third kappa shape index (κ3) is 3.72. The van der Waals surface area contributed by atoms with E-state index >= 15 is 0 Å². The molecule has 1 saturated carbocycles. The van der Waals surface area contributed by atoms with E-state index < -0.39 is 14.9 Å². The highest BCUT2D eigenvalue weighted by atomic mass is 32.2. The summed E-state index contributed by atoms with van der Waals surface area (Å²) in [7, 11) is -4.02. The number of primary sulfonamides is 1. The molecule has 1 aliphatic carbocycles. The second kappa shape index (κ2) is 6.58. The Kier molecular flexibility index (Phi) is 4.62. The molecule has 0 atom stereocenters. The van der Waals surface area contributed by atoms with Gasteiger partial charge in [-0.1, -0.05) is 6.08 Å². The van der Waals surface area contributed by atoms with Gasteiger partial charge in [-0.2, -0.15) is 0 Å². The molecule has 25 heavy (non-hydrogen) atoms. The minimum absolute atomic E-state index is 0.262. The van der Waals surface area contributed by atoms with Gasteiger partial charge in [-0.3, -0.25) is 10.1 Å². The van der Waals surface area contributed by atoms with Gasteiger partial charge < -0.3 is 4.57 Å². The third-order valence-corrected chi connectivity index (χ3v) is 5.62. The molecule has 0 unspecified atom stereocenters. The van der Waals surface area contributed by atoms with Crippen molar-refractivity contribution in [2.24, 2.45) is 5.14 Å². The summed E-state index contributed by atoms with van der Waals surface area (Å²) in [6.45, 7) is 4.20. The van der Waals surface area contributed by atoms with Gasteiger partial charge in [0, 0.05) is 18.5 Å². The van der Waals surface area contributed by atoms with Gasteiger partial charge >= 0.3 is 0 Å². The van der Waals surface area contributed by atoms with Gasteiger partial charge in [0.2, 0.25) is 10.0 Å². The van der Waals surface area contributed by atoms with Crippen LogP contribution in [0.3, 0.4) is 0 Å². The second-order valence-electron chi connectivity index (χ2n) is 5.55. The Balaban J connectivity index is 2.00. The highest BCUT2D eigenvalue weighted by molar-refractivity contribution is 7.99. The largest absolute Gasteiger partial charge is 0.302 e. The lowest BCUT2D eigenvalue weighted by Crippen LogP contribution is -2.12. The van der Waals surface area contributed by atoms with E-state index in [0.29, 0.717) is 17.6 Å². The first-order valence-corrected chi connectivity index (χ1v) is 9.70. The number of rotatable bonds is 7. The predicted octanol–water partition coefficient (Wildman–Crippen LogP) is 2.05. The predicted molar refractivity (Wildman–Crippen MR) is 90.8 cm³/mol. The van der Waals surface area contributed by atoms with Crippen molar-refractivity contribution in [3.05, 3.63) is 46.8 Å². The smallest absolute Gasteiger partial charge is 0.284 e. The van der Waals surface area contributed by atoms with Gasteiger partial charge in [0.15, 0.2) is 5.16 Å². The Hall–Kier alpha value is -2.24. The molecular weight excluding hydrogens is 366 g/mol. The van der Waals surface area contributed by atoms with E-state index in [9.17, 15) is 18.5 Å². The maximum Gasteiger partial charge on any atom is 0.284 e. The Labute approximate surface area is 148 Å². The molecule has 0 radical (unpaired) electrons. The van der Waals surface area contributed by atoms with Crippen LogP contribution in [0.1, 0.15) is 24.6 Å². The topological polar surface area (TPSA) is 134 Å². The van der Waals surface area contributed by atoms with E-state index in [0.717, 1.165) is 36.5 Å². The number of nitrogens with zero attached hydrogens (tertiary/aromatic N) is 4. The van der Waals surface area contributed by atoms with E-state index in [-0.39, 0.29) is 15.5 Å². The van der Waals surface area contributed by atoms with Crippen LogP contribution in [0.15, 0.2) is 45.8 Å². The lowest BCUT2D eigenvalue weighted by atomic mass is 10.3. The molecule has 0 amide bonds. The van der Waals surface area contributed by atoms with Crippen molar-refractivity contribution >= 4 is 27.5 Å². The number of nitrogens with two attached hydrogens (primary N) is 1. The summed E-state index contributed by atoms with van der Waals surface area (Å²) in [6, 6.07) is 3.54. The lowest BCUT2D eigenvalue weighted by Gasteiger charge is -2.08. The number of hydrogen-bond donors (Lipinski definition) is 1. The SMILES string of the molecule is C=CCn1c(Sc2ccc(S(N)(=O)=O)cc2[N+](=O)[O-])nnc1C1CC1.